The lowest BCUT2D eigenvalue weighted by Gasteiger charge is -2.16. The van der Waals surface area contributed by atoms with E-state index in [4.69, 9.17) is 0 Å². The summed E-state index contributed by atoms with van der Waals surface area (Å²) in [4.78, 5) is 9.03. The number of nitrogens with zero attached hydrogens (tertiary/aromatic N) is 2. The van der Waals surface area contributed by atoms with Gasteiger partial charge in [0.25, 0.3) is 0 Å². The first-order valence-corrected chi connectivity index (χ1v) is 7.39. The number of thiophene rings is 1. The van der Waals surface area contributed by atoms with Crippen LogP contribution in [0, 0.1) is 0 Å². The second kappa shape index (κ2) is 6.02. The zero-order chi connectivity index (χ0) is 13.8. The van der Waals surface area contributed by atoms with E-state index in [-0.39, 0.29) is 6.04 Å². The van der Waals surface area contributed by atoms with Gasteiger partial charge in [0.2, 0.25) is 0 Å². The molecule has 0 aliphatic heterocycles. The van der Waals surface area contributed by atoms with Crippen LogP contribution >= 0.6 is 11.3 Å². The van der Waals surface area contributed by atoms with Crippen molar-refractivity contribution in [2.45, 2.75) is 32.7 Å². The van der Waals surface area contributed by atoms with Gasteiger partial charge in [-0.15, -0.1) is 0 Å². The lowest BCUT2D eigenvalue weighted by molar-refractivity contribution is 0.770. The van der Waals surface area contributed by atoms with Crippen LogP contribution in [0.5, 0.6) is 0 Å². The van der Waals surface area contributed by atoms with Gasteiger partial charge < -0.3 is 10.6 Å². The van der Waals surface area contributed by atoms with Crippen LogP contribution in [0.15, 0.2) is 22.9 Å². The van der Waals surface area contributed by atoms with Crippen LogP contribution in [0.3, 0.4) is 0 Å². The van der Waals surface area contributed by atoms with E-state index in [9.17, 15) is 0 Å². The maximum atomic E-state index is 4.57. The van der Waals surface area contributed by atoms with E-state index in [0.717, 1.165) is 17.5 Å². The predicted octanol–water partition coefficient (Wildman–Crippen LogP) is 3.88. The molecule has 0 spiro atoms. The normalized spacial score (nSPS) is 12.5. The van der Waals surface area contributed by atoms with Crippen LogP contribution < -0.4 is 10.6 Å². The zero-order valence-electron chi connectivity index (χ0n) is 11.8. The molecule has 0 radical (unpaired) electrons. The van der Waals surface area contributed by atoms with Crippen molar-refractivity contribution in [3.8, 4) is 0 Å². The maximum absolute atomic E-state index is 4.57. The van der Waals surface area contributed by atoms with Crippen molar-refractivity contribution >= 4 is 23.0 Å². The molecule has 2 aromatic rings. The summed E-state index contributed by atoms with van der Waals surface area (Å²) in [6.07, 6.45) is 0. The largest absolute Gasteiger partial charge is 0.373 e. The van der Waals surface area contributed by atoms with Gasteiger partial charge >= 0.3 is 0 Å². The Balaban J connectivity index is 2.21. The summed E-state index contributed by atoms with van der Waals surface area (Å²) in [7, 11) is 1.87. The molecular weight excluding hydrogens is 256 g/mol. The molecular formula is C14H20N4S. The molecule has 0 fully saturated rings. The van der Waals surface area contributed by atoms with Crippen LogP contribution in [0.4, 0.5) is 11.6 Å². The Morgan fingerprint density at radius 1 is 1.16 bits per heavy atom. The van der Waals surface area contributed by atoms with Crippen molar-refractivity contribution in [1.29, 1.82) is 0 Å². The van der Waals surface area contributed by atoms with Crippen molar-refractivity contribution in [1.82, 2.24) is 9.97 Å². The van der Waals surface area contributed by atoms with E-state index in [1.165, 1.54) is 5.56 Å². The molecule has 2 N–H and O–H groups in total. The highest BCUT2D eigenvalue weighted by molar-refractivity contribution is 7.07. The fourth-order valence-corrected chi connectivity index (χ4v) is 2.51. The minimum absolute atomic E-state index is 0.242. The van der Waals surface area contributed by atoms with E-state index in [1.807, 2.05) is 13.1 Å². The number of hydrogen-bond acceptors (Lipinski definition) is 5. The van der Waals surface area contributed by atoms with Crippen LogP contribution in [-0.2, 0) is 0 Å². The summed E-state index contributed by atoms with van der Waals surface area (Å²) >= 11 is 1.71. The van der Waals surface area contributed by atoms with Crippen molar-refractivity contribution in [3.63, 3.8) is 0 Å². The molecule has 2 rings (SSSR count). The Morgan fingerprint density at radius 2 is 1.89 bits per heavy atom. The van der Waals surface area contributed by atoms with Crippen molar-refractivity contribution in [2.75, 3.05) is 17.7 Å². The Morgan fingerprint density at radius 3 is 2.47 bits per heavy atom. The first-order valence-electron chi connectivity index (χ1n) is 6.45. The summed E-state index contributed by atoms with van der Waals surface area (Å²) in [5.74, 6) is 2.87. The van der Waals surface area contributed by atoms with Crippen molar-refractivity contribution < 1.29 is 0 Å². The highest BCUT2D eigenvalue weighted by Crippen LogP contribution is 2.22. The van der Waals surface area contributed by atoms with Gasteiger partial charge in [-0.05, 0) is 29.3 Å². The second-order valence-electron chi connectivity index (χ2n) is 4.82. The van der Waals surface area contributed by atoms with Crippen LogP contribution in [0.1, 0.15) is 44.1 Å². The average molecular weight is 276 g/mol. The third-order valence-corrected chi connectivity index (χ3v) is 3.63. The molecule has 0 aliphatic carbocycles. The maximum Gasteiger partial charge on any atom is 0.135 e. The Bertz CT molecular complexity index is 522. The van der Waals surface area contributed by atoms with Gasteiger partial charge in [0.1, 0.15) is 17.5 Å². The van der Waals surface area contributed by atoms with Crippen LogP contribution in [0.25, 0.3) is 0 Å². The Kier molecular flexibility index (Phi) is 4.37. The number of hydrogen-bond donors (Lipinski definition) is 2. The molecule has 0 amide bonds. The zero-order valence-corrected chi connectivity index (χ0v) is 12.6. The monoisotopic (exact) mass is 276 g/mol. The smallest absolute Gasteiger partial charge is 0.135 e. The molecule has 1 unspecified atom stereocenters. The summed E-state index contributed by atoms with van der Waals surface area (Å²) in [5, 5.41) is 10.8. The summed E-state index contributed by atoms with van der Waals surface area (Å²) in [6.45, 7) is 6.33. The van der Waals surface area contributed by atoms with Crippen molar-refractivity contribution in [3.05, 3.63) is 34.3 Å². The molecule has 0 saturated heterocycles. The van der Waals surface area contributed by atoms with Gasteiger partial charge in [0.05, 0.1) is 6.04 Å². The van der Waals surface area contributed by atoms with Gasteiger partial charge in [0.15, 0.2) is 0 Å². The number of anilines is 2. The van der Waals surface area contributed by atoms with E-state index < -0.39 is 0 Å². The Labute approximate surface area is 118 Å². The first kappa shape index (κ1) is 13.8. The third-order valence-electron chi connectivity index (χ3n) is 2.92. The molecule has 4 nitrogen and oxygen atoms in total. The minimum Gasteiger partial charge on any atom is -0.373 e. The standard InChI is InChI=1S/C14H20N4S/c1-9(2)14-17-12(15-4)7-13(18-14)16-10(3)11-5-6-19-8-11/h5-10H,1-4H3,(H2,15,16,17,18). The number of aromatic nitrogens is 2. The molecule has 0 bridgehead atoms. The van der Waals surface area contributed by atoms with E-state index >= 15 is 0 Å². The molecule has 0 aromatic carbocycles. The van der Waals surface area contributed by atoms with Crippen molar-refractivity contribution in [2.24, 2.45) is 0 Å². The number of nitrogens with one attached hydrogen (secondary N) is 2. The number of rotatable bonds is 5. The highest BCUT2D eigenvalue weighted by atomic mass is 32.1. The molecule has 2 aromatic heterocycles. The van der Waals surface area contributed by atoms with E-state index in [2.05, 4.69) is 58.2 Å². The summed E-state index contributed by atoms with van der Waals surface area (Å²) in [6, 6.07) is 4.31. The summed E-state index contributed by atoms with van der Waals surface area (Å²) < 4.78 is 0. The Hall–Kier alpha value is -1.62. The lowest BCUT2D eigenvalue weighted by atomic mass is 10.2. The second-order valence-corrected chi connectivity index (χ2v) is 5.60. The molecule has 0 aliphatic rings. The topological polar surface area (TPSA) is 49.8 Å². The highest BCUT2D eigenvalue weighted by Gasteiger charge is 2.10. The molecule has 1 atom stereocenters. The van der Waals surface area contributed by atoms with E-state index in [1.54, 1.807) is 11.3 Å². The van der Waals surface area contributed by atoms with Gasteiger partial charge in [-0.2, -0.15) is 11.3 Å². The molecule has 5 heteroatoms. The van der Waals surface area contributed by atoms with Gasteiger partial charge in [0, 0.05) is 19.0 Å². The van der Waals surface area contributed by atoms with Crippen LogP contribution in [-0.4, -0.2) is 17.0 Å². The third kappa shape index (κ3) is 3.44. The fraction of sp³-hybridized carbons (Fsp3) is 0.429. The van der Waals surface area contributed by atoms with Crippen LogP contribution in [0.2, 0.25) is 0 Å². The minimum atomic E-state index is 0.242. The molecule has 102 valence electrons. The predicted molar refractivity (Wildman–Crippen MR) is 82.0 cm³/mol. The van der Waals surface area contributed by atoms with Gasteiger partial charge in [-0.3, -0.25) is 0 Å². The average Bonchev–Trinajstić information content (AvgIpc) is 2.92. The lowest BCUT2D eigenvalue weighted by Crippen LogP contribution is -2.10. The fourth-order valence-electron chi connectivity index (χ4n) is 1.75. The molecule has 2 heterocycles. The molecule has 0 saturated carbocycles. The van der Waals surface area contributed by atoms with Gasteiger partial charge in [-0.1, -0.05) is 13.8 Å². The molecule has 19 heavy (non-hydrogen) atoms. The van der Waals surface area contributed by atoms with Gasteiger partial charge in [-0.25, -0.2) is 9.97 Å². The first-order chi connectivity index (χ1) is 9.10. The van der Waals surface area contributed by atoms with E-state index in [0.29, 0.717) is 5.92 Å². The summed E-state index contributed by atoms with van der Waals surface area (Å²) in [5.41, 5.74) is 1.28. The quantitative estimate of drug-likeness (QED) is 0.870. The SMILES string of the molecule is CNc1cc(NC(C)c2ccsc2)nc(C(C)C)n1.